The quantitative estimate of drug-likeness (QED) is 0.681. The van der Waals surface area contributed by atoms with Crippen LogP contribution in [0.3, 0.4) is 0 Å². The molecule has 1 aromatic carbocycles. The largest absolute Gasteiger partial charge is 0.148 e. The van der Waals surface area contributed by atoms with E-state index >= 15 is 0 Å². The van der Waals surface area contributed by atoms with Crippen molar-refractivity contribution < 1.29 is 0 Å². The fraction of sp³-hybridized carbons (Fsp3) is 0.0769. The number of rotatable bonds is 3. The van der Waals surface area contributed by atoms with Gasteiger partial charge in [-0.2, -0.15) is 0 Å². The van der Waals surface area contributed by atoms with Crippen molar-refractivity contribution in [2.45, 2.75) is 6.82 Å². The molecule has 0 bridgehead atoms. The summed E-state index contributed by atoms with van der Waals surface area (Å²) in [6.07, 6.45) is 3.81. The maximum Gasteiger partial charge on any atom is 0.148 e. The van der Waals surface area contributed by atoms with Crippen LogP contribution >= 0.6 is 11.3 Å². The van der Waals surface area contributed by atoms with E-state index < -0.39 is 0 Å². The van der Waals surface area contributed by atoms with Crippen molar-refractivity contribution in [1.82, 2.24) is 0 Å². The molecule has 1 heterocycles. The molecule has 0 spiro atoms. The van der Waals surface area contributed by atoms with E-state index in [1.165, 1.54) is 26.0 Å². The van der Waals surface area contributed by atoms with E-state index in [1.807, 2.05) is 12.2 Å². The molecular weight excluding hydrogens is 199 g/mol. The zero-order chi connectivity index (χ0) is 10.8. The third-order valence-electron chi connectivity index (χ3n) is 2.50. The smallest absolute Gasteiger partial charge is 0.135 e. The first-order valence-electron chi connectivity index (χ1n) is 4.91. The topological polar surface area (TPSA) is 0 Å². The van der Waals surface area contributed by atoms with Crippen LogP contribution in [0.1, 0.15) is 10.4 Å². The Labute approximate surface area is 95.2 Å². The molecule has 2 aromatic rings. The molecule has 2 rings (SSSR count). The predicted octanol–water partition coefficient (Wildman–Crippen LogP) is 3.56. The Morgan fingerprint density at radius 1 is 1.27 bits per heavy atom. The summed E-state index contributed by atoms with van der Waals surface area (Å²) in [4.78, 5) is 1.20. The second-order valence-corrected chi connectivity index (χ2v) is 4.42. The number of thiophene rings is 1. The van der Waals surface area contributed by atoms with Crippen molar-refractivity contribution in [2.24, 2.45) is 0 Å². The summed E-state index contributed by atoms with van der Waals surface area (Å²) >= 11 is 1.77. The summed E-state index contributed by atoms with van der Waals surface area (Å²) in [7, 11) is 2.11. The summed E-state index contributed by atoms with van der Waals surface area (Å²) < 4.78 is 1.30. The lowest BCUT2D eigenvalue weighted by atomic mass is 9.73. The van der Waals surface area contributed by atoms with E-state index in [-0.39, 0.29) is 0 Å². The molecule has 0 aliphatic heterocycles. The highest BCUT2D eigenvalue weighted by molar-refractivity contribution is 7.20. The minimum atomic E-state index is 1.20. The monoisotopic (exact) mass is 211 g/mol. The average Bonchev–Trinajstić information content (AvgIpc) is 2.65. The van der Waals surface area contributed by atoms with E-state index in [1.54, 1.807) is 11.3 Å². The fourth-order valence-corrected chi connectivity index (χ4v) is 2.80. The zero-order valence-corrected chi connectivity index (χ0v) is 9.60. The van der Waals surface area contributed by atoms with Gasteiger partial charge < -0.3 is 0 Å². The van der Waals surface area contributed by atoms with E-state index in [0.717, 1.165) is 0 Å². The minimum Gasteiger partial charge on any atom is -0.135 e. The summed E-state index contributed by atoms with van der Waals surface area (Å²) in [5, 5.41) is 1.27. The first kappa shape index (κ1) is 10.2. The van der Waals surface area contributed by atoms with Crippen LogP contribution in [0.2, 0.25) is 6.82 Å². The van der Waals surface area contributed by atoms with Gasteiger partial charge in [0.15, 0.2) is 0 Å². The number of benzene rings is 1. The molecule has 0 aliphatic rings. The molecule has 1 radical (unpaired) electrons. The lowest BCUT2D eigenvalue weighted by Crippen LogP contribution is -2.08. The predicted molar refractivity (Wildman–Crippen MR) is 73.3 cm³/mol. The standard InChI is InChI=1S/C13H12BS/c1-4-10-11-7-6-9(14-3)8-13(11)15-12(10)5-2/h4-8H,1-2H2,3H3. The van der Waals surface area contributed by atoms with Crippen LogP contribution in [0.15, 0.2) is 31.4 Å². The highest BCUT2D eigenvalue weighted by Crippen LogP contribution is 2.32. The van der Waals surface area contributed by atoms with Crippen molar-refractivity contribution >= 4 is 46.3 Å². The van der Waals surface area contributed by atoms with Crippen LogP contribution < -0.4 is 5.46 Å². The second-order valence-electron chi connectivity index (χ2n) is 3.33. The Balaban J connectivity index is 2.76. The van der Waals surface area contributed by atoms with E-state index in [9.17, 15) is 0 Å². The van der Waals surface area contributed by atoms with Gasteiger partial charge in [-0.1, -0.05) is 55.8 Å². The maximum atomic E-state index is 3.86. The number of hydrogen-bond donors (Lipinski definition) is 0. The summed E-state index contributed by atoms with van der Waals surface area (Å²) in [6, 6.07) is 6.50. The van der Waals surface area contributed by atoms with Gasteiger partial charge in [0.25, 0.3) is 0 Å². The molecule has 1 aromatic heterocycles. The van der Waals surface area contributed by atoms with Crippen LogP contribution in [0, 0.1) is 0 Å². The van der Waals surface area contributed by atoms with Crippen LogP contribution in [-0.4, -0.2) is 7.28 Å². The van der Waals surface area contributed by atoms with Gasteiger partial charge in [-0.3, -0.25) is 0 Å². The molecular formula is C13H12BS. The lowest BCUT2D eigenvalue weighted by molar-refractivity contribution is 1.86. The SMILES string of the molecule is C=Cc1sc2cc([B]C)ccc2c1C=C. The first-order chi connectivity index (χ1) is 7.30. The molecule has 2 heteroatoms. The van der Waals surface area contributed by atoms with Gasteiger partial charge in [-0.15, -0.1) is 11.3 Å². The van der Waals surface area contributed by atoms with Crippen LogP contribution in [0.25, 0.3) is 22.2 Å². The summed E-state index contributed by atoms with van der Waals surface area (Å²) in [5.41, 5.74) is 2.46. The summed E-state index contributed by atoms with van der Waals surface area (Å²) in [6.45, 7) is 9.74. The molecule has 0 saturated carbocycles. The molecule has 0 amide bonds. The minimum absolute atomic E-state index is 1.20. The van der Waals surface area contributed by atoms with Gasteiger partial charge in [-0.25, -0.2) is 0 Å². The first-order valence-corrected chi connectivity index (χ1v) is 5.72. The Kier molecular flexibility index (Phi) is 2.78. The molecule has 0 atom stereocenters. The highest BCUT2D eigenvalue weighted by Gasteiger charge is 2.07. The zero-order valence-electron chi connectivity index (χ0n) is 8.79. The third kappa shape index (κ3) is 1.66. The Hall–Kier alpha value is -1.28. The Bertz CT molecular complexity index is 523. The van der Waals surface area contributed by atoms with Crippen molar-refractivity contribution in [3.8, 4) is 0 Å². The van der Waals surface area contributed by atoms with Gasteiger partial charge in [-0.05, 0) is 5.56 Å². The lowest BCUT2D eigenvalue weighted by Gasteiger charge is -1.96. The van der Waals surface area contributed by atoms with Crippen molar-refractivity contribution in [3.05, 3.63) is 41.8 Å². The number of hydrogen-bond acceptors (Lipinski definition) is 1. The molecule has 73 valence electrons. The number of fused-ring (bicyclic) bond motifs is 1. The van der Waals surface area contributed by atoms with Gasteiger partial charge in [0.05, 0.1) is 0 Å². The fourth-order valence-electron chi connectivity index (χ4n) is 1.69. The van der Waals surface area contributed by atoms with Gasteiger partial charge in [0.1, 0.15) is 7.28 Å². The second kappa shape index (κ2) is 4.07. The molecule has 0 unspecified atom stereocenters. The van der Waals surface area contributed by atoms with E-state index in [2.05, 4.69) is 45.5 Å². The van der Waals surface area contributed by atoms with Crippen molar-refractivity contribution in [2.75, 3.05) is 0 Å². The van der Waals surface area contributed by atoms with Gasteiger partial charge in [0.2, 0.25) is 0 Å². The van der Waals surface area contributed by atoms with Gasteiger partial charge >= 0.3 is 0 Å². The van der Waals surface area contributed by atoms with E-state index in [4.69, 9.17) is 0 Å². The highest BCUT2D eigenvalue weighted by atomic mass is 32.1. The molecule has 0 nitrogen and oxygen atoms in total. The Morgan fingerprint density at radius 2 is 2.07 bits per heavy atom. The van der Waals surface area contributed by atoms with Crippen LogP contribution in [0.5, 0.6) is 0 Å². The Morgan fingerprint density at radius 3 is 2.67 bits per heavy atom. The summed E-state index contributed by atoms with van der Waals surface area (Å²) in [5.74, 6) is 0. The molecule has 15 heavy (non-hydrogen) atoms. The maximum absolute atomic E-state index is 3.86. The van der Waals surface area contributed by atoms with Crippen molar-refractivity contribution in [3.63, 3.8) is 0 Å². The molecule has 0 saturated heterocycles. The average molecular weight is 211 g/mol. The van der Waals surface area contributed by atoms with Crippen LogP contribution in [0.4, 0.5) is 0 Å². The van der Waals surface area contributed by atoms with Crippen LogP contribution in [-0.2, 0) is 0 Å². The van der Waals surface area contributed by atoms with Crippen molar-refractivity contribution in [1.29, 1.82) is 0 Å². The molecule has 0 N–H and O–H groups in total. The third-order valence-corrected chi connectivity index (χ3v) is 3.67. The molecule has 0 aliphatic carbocycles. The van der Waals surface area contributed by atoms with E-state index in [0.29, 0.717) is 0 Å². The van der Waals surface area contributed by atoms with Gasteiger partial charge in [0, 0.05) is 15.0 Å². The molecule has 0 fully saturated rings. The normalized spacial score (nSPS) is 10.2.